The van der Waals surface area contributed by atoms with E-state index < -0.39 is 5.97 Å². The second-order valence-corrected chi connectivity index (χ2v) is 6.84. The first-order valence-electron chi connectivity index (χ1n) is 8.90. The largest absolute Gasteiger partial charge is 0.481 e. The molecule has 26 heavy (non-hydrogen) atoms. The number of hydrogen-bond acceptors (Lipinski definition) is 4. The van der Waals surface area contributed by atoms with E-state index in [0.717, 1.165) is 12.0 Å². The first kappa shape index (κ1) is 19.6. The van der Waals surface area contributed by atoms with Gasteiger partial charge in [-0.25, -0.2) is 0 Å². The molecular weight excluding hydrogens is 332 g/mol. The number of aromatic nitrogens is 3. The Hall–Kier alpha value is -2.70. The number of aliphatic carboxylic acids is 1. The molecule has 1 unspecified atom stereocenters. The third kappa shape index (κ3) is 6.66. The topological polar surface area (TPSA) is 97.1 Å². The van der Waals surface area contributed by atoms with Crippen LogP contribution in [0.5, 0.6) is 0 Å². The summed E-state index contributed by atoms with van der Waals surface area (Å²) in [4.78, 5) is 23.4. The maximum Gasteiger partial charge on any atom is 0.303 e. The quantitative estimate of drug-likeness (QED) is 0.680. The minimum absolute atomic E-state index is 0.00113. The molecule has 0 aliphatic carbocycles. The van der Waals surface area contributed by atoms with Gasteiger partial charge in [0.2, 0.25) is 0 Å². The Morgan fingerprint density at radius 3 is 2.58 bits per heavy atom. The van der Waals surface area contributed by atoms with Crippen LogP contribution in [0.3, 0.4) is 0 Å². The molecule has 1 amide bonds. The Morgan fingerprint density at radius 2 is 1.92 bits per heavy atom. The van der Waals surface area contributed by atoms with Crippen molar-refractivity contribution in [2.45, 2.75) is 52.1 Å². The highest BCUT2D eigenvalue weighted by Gasteiger charge is 2.18. The summed E-state index contributed by atoms with van der Waals surface area (Å²) in [7, 11) is 0. The van der Waals surface area contributed by atoms with Crippen LogP contribution in [0.1, 0.15) is 49.2 Å². The molecule has 0 aliphatic heterocycles. The van der Waals surface area contributed by atoms with Crippen LogP contribution in [0.25, 0.3) is 0 Å². The maximum atomic E-state index is 12.5. The summed E-state index contributed by atoms with van der Waals surface area (Å²) in [5, 5.41) is 19.8. The van der Waals surface area contributed by atoms with E-state index in [-0.39, 0.29) is 24.1 Å². The van der Waals surface area contributed by atoms with Crippen molar-refractivity contribution in [2.75, 3.05) is 0 Å². The predicted octanol–water partition coefficient (Wildman–Crippen LogP) is 2.53. The molecule has 0 saturated heterocycles. The van der Waals surface area contributed by atoms with Gasteiger partial charge in [0.15, 0.2) is 5.69 Å². The number of amides is 1. The zero-order chi connectivity index (χ0) is 18.9. The van der Waals surface area contributed by atoms with Gasteiger partial charge < -0.3 is 10.4 Å². The Labute approximate surface area is 153 Å². The lowest BCUT2D eigenvalue weighted by molar-refractivity contribution is -0.137. The van der Waals surface area contributed by atoms with Crippen LogP contribution in [0.2, 0.25) is 0 Å². The Kier molecular flexibility index (Phi) is 7.32. The van der Waals surface area contributed by atoms with Gasteiger partial charge in [-0.15, -0.1) is 5.10 Å². The summed E-state index contributed by atoms with van der Waals surface area (Å²) in [6, 6.07) is 9.41. The Bertz CT molecular complexity index is 713. The van der Waals surface area contributed by atoms with E-state index >= 15 is 0 Å². The number of carbonyl (C=O) groups is 2. The van der Waals surface area contributed by atoms with Crippen molar-refractivity contribution in [3.63, 3.8) is 0 Å². The standard InChI is InChI=1S/C19H26N4O3/c1-14(2)10-11-23-13-17(21-22-23)19(26)20-16(8-9-18(24)25)12-15-6-4-3-5-7-15/h3-7,13-14,16H,8-12H2,1-2H3,(H,20,26)(H,24,25). The van der Waals surface area contributed by atoms with Gasteiger partial charge in [-0.05, 0) is 30.7 Å². The number of aryl methyl sites for hydroxylation is 1. The van der Waals surface area contributed by atoms with E-state index in [1.54, 1.807) is 10.9 Å². The minimum Gasteiger partial charge on any atom is -0.481 e. The second-order valence-electron chi connectivity index (χ2n) is 6.84. The average Bonchev–Trinajstić information content (AvgIpc) is 3.08. The Balaban J connectivity index is 1.99. The number of benzene rings is 1. The molecule has 7 heteroatoms. The fraction of sp³-hybridized carbons (Fsp3) is 0.474. The molecule has 1 heterocycles. The number of carboxylic acid groups (broad SMARTS) is 1. The fourth-order valence-electron chi connectivity index (χ4n) is 2.58. The van der Waals surface area contributed by atoms with Gasteiger partial charge in [0.05, 0.1) is 6.20 Å². The number of hydrogen-bond donors (Lipinski definition) is 2. The molecule has 0 radical (unpaired) electrons. The summed E-state index contributed by atoms with van der Waals surface area (Å²) < 4.78 is 1.67. The molecule has 140 valence electrons. The first-order chi connectivity index (χ1) is 12.4. The highest BCUT2D eigenvalue weighted by molar-refractivity contribution is 5.92. The molecule has 2 rings (SSSR count). The van der Waals surface area contributed by atoms with Crippen molar-refractivity contribution in [3.8, 4) is 0 Å². The fourth-order valence-corrected chi connectivity index (χ4v) is 2.58. The van der Waals surface area contributed by atoms with Gasteiger partial charge in [0.1, 0.15) is 0 Å². The van der Waals surface area contributed by atoms with E-state index in [4.69, 9.17) is 5.11 Å². The van der Waals surface area contributed by atoms with Gasteiger partial charge in [-0.3, -0.25) is 14.3 Å². The van der Waals surface area contributed by atoms with Gasteiger partial charge in [-0.1, -0.05) is 49.4 Å². The zero-order valence-electron chi connectivity index (χ0n) is 15.3. The lowest BCUT2D eigenvalue weighted by Gasteiger charge is -2.17. The highest BCUT2D eigenvalue weighted by Crippen LogP contribution is 2.09. The lowest BCUT2D eigenvalue weighted by Crippen LogP contribution is -2.37. The zero-order valence-corrected chi connectivity index (χ0v) is 15.3. The number of carbonyl (C=O) groups excluding carboxylic acids is 1. The molecule has 1 atom stereocenters. The molecule has 2 aromatic rings. The van der Waals surface area contributed by atoms with Crippen LogP contribution in [-0.2, 0) is 17.8 Å². The summed E-state index contributed by atoms with van der Waals surface area (Å²) in [6.07, 6.45) is 3.52. The monoisotopic (exact) mass is 358 g/mol. The van der Waals surface area contributed by atoms with Gasteiger partial charge in [0.25, 0.3) is 5.91 Å². The molecule has 0 bridgehead atoms. The SMILES string of the molecule is CC(C)CCn1cc(C(=O)NC(CCC(=O)O)Cc2ccccc2)nn1. The maximum absolute atomic E-state index is 12.5. The van der Waals surface area contributed by atoms with E-state index in [9.17, 15) is 9.59 Å². The van der Waals surface area contributed by atoms with Crippen molar-refractivity contribution < 1.29 is 14.7 Å². The average molecular weight is 358 g/mol. The molecule has 7 nitrogen and oxygen atoms in total. The smallest absolute Gasteiger partial charge is 0.303 e. The third-order valence-corrected chi connectivity index (χ3v) is 4.07. The van der Waals surface area contributed by atoms with Crippen LogP contribution in [0.4, 0.5) is 0 Å². The van der Waals surface area contributed by atoms with Gasteiger partial charge in [-0.2, -0.15) is 0 Å². The predicted molar refractivity (Wildman–Crippen MR) is 97.7 cm³/mol. The summed E-state index contributed by atoms with van der Waals surface area (Å²) in [5.41, 5.74) is 1.30. The molecule has 0 saturated carbocycles. The highest BCUT2D eigenvalue weighted by atomic mass is 16.4. The minimum atomic E-state index is -0.878. The number of nitrogens with one attached hydrogen (secondary N) is 1. The van der Waals surface area contributed by atoms with Crippen LogP contribution >= 0.6 is 0 Å². The molecule has 2 N–H and O–H groups in total. The normalized spacial score (nSPS) is 12.1. The summed E-state index contributed by atoms with van der Waals surface area (Å²) in [6.45, 7) is 4.97. The molecule has 0 spiro atoms. The van der Waals surface area contributed by atoms with E-state index in [0.29, 0.717) is 25.3 Å². The van der Waals surface area contributed by atoms with E-state index in [1.807, 2.05) is 30.3 Å². The number of nitrogens with zero attached hydrogens (tertiary/aromatic N) is 3. The molecule has 0 aliphatic rings. The molecule has 0 fully saturated rings. The van der Waals surface area contributed by atoms with Crippen LogP contribution in [0, 0.1) is 5.92 Å². The van der Waals surface area contributed by atoms with Gasteiger partial charge in [0, 0.05) is 19.0 Å². The van der Waals surface area contributed by atoms with Crippen LogP contribution < -0.4 is 5.32 Å². The van der Waals surface area contributed by atoms with Crippen molar-refractivity contribution in [3.05, 3.63) is 47.8 Å². The molecule has 1 aromatic heterocycles. The third-order valence-electron chi connectivity index (χ3n) is 4.07. The summed E-state index contributed by atoms with van der Waals surface area (Å²) >= 11 is 0. The lowest BCUT2D eigenvalue weighted by atomic mass is 10.0. The molecular formula is C19H26N4O3. The van der Waals surface area contributed by atoms with Crippen LogP contribution in [0.15, 0.2) is 36.5 Å². The first-order valence-corrected chi connectivity index (χ1v) is 8.90. The number of rotatable bonds is 10. The van der Waals surface area contributed by atoms with Crippen molar-refractivity contribution in [1.29, 1.82) is 0 Å². The van der Waals surface area contributed by atoms with Crippen molar-refractivity contribution >= 4 is 11.9 Å². The van der Waals surface area contributed by atoms with Crippen molar-refractivity contribution in [1.82, 2.24) is 20.3 Å². The van der Waals surface area contributed by atoms with E-state index in [2.05, 4.69) is 29.5 Å². The van der Waals surface area contributed by atoms with Gasteiger partial charge >= 0.3 is 5.97 Å². The van der Waals surface area contributed by atoms with E-state index in [1.165, 1.54) is 0 Å². The number of carboxylic acids is 1. The molecule has 1 aromatic carbocycles. The van der Waals surface area contributed by atoms with Crippen molar-refractivity contribution in [2.24, 2.45) is 5.92 Å². The Morgan fingerprint density at radius 1 is 1.19 bits per heavy atom. The van der Waals surface area contributed by atoms with Crippen LogP contribution in [-0.4, -0.2) is 38.0 Å². The summed E-state index contributed by atoms with van der Waals surface area (Å²) in [5.74, 6) is -0.660. The second kappa shape index (κ2) is 9.70.